The number of piperidine rings is 1. The Morgan fingerprint density at radius 1 is 1.30 bits per heavy atom. The Bertz CT molecular complexity index is 775. The lowest BCUT2D eigenvalue weighted by atomic mass is 9.99. The van der Waals surface area contributed by atoms with Crippen LogP contribution in [0.2, 0.25) is 0 Å². The number of fused-ring (bicyclic) bond motifs is 3. The number of H-pyrrole nitrogens is 1. The average Bonchev–Trinajstić information content (AvgIpc) is 3.09. The van der Waals surface area contributed by atoms with Crippen LogP contribution in [0.4, 0.5) is 5.69 Å². The van der Waals surface area contributed by atoms with Crippen LogP contribution in [0, 0.1) is 10.1 Å². The van der Waals surface area contributed by atoms with Gasteiger partial charge in [-0.15, -0.1) is 0 Å². The third-order valence-electron chi connectivity index (χ3n) is 4.78. The monoisotopic (exact) mass is 315 g/mol. The zero-order valence-corrected chi connectivity index (χ0v) is 12.4. The average molecular weight is 315 g/mol. The fourth-order valence-corrected chi connectivity index (χ4v) is 3.72. The minimum Gasteiger partial charge on any atom is -0.348 e. The van der Waals surface area contributed by atoms with Crippen molar-refractivity contribution >= 4 is 22.5 Å². The normalized spacial score (nSPS) is 26.3. The number of nitrogens with one attached hydrogen (secondary N) is 3. The van der Waals surface area contributed by atoms with Gasteiger partial charge in [0.2, 0.25) is 0 Å². The van der Waals surface area contributed by atoms with Gasteiger partial charge in [0, 0.05) is 35.6 Å². The van der Waals surface area contributed by atoms with Crippen molar-refractivity contribution in [1.82, 2.24) is 20.8 Å². The van der Waals surface area contributed by atoms with Gasteiger partial charge in [-0.3, -0.25) is 20.0 Å². The summed E-state index contributed by atoms with van der Waals surface area (Å²) in [6, 6.07) is 5.45. The first-order chi connectivity index (χ1) is 11.1. The third kappa shape index (κ3) is 2.55. The Morgan fingerprint density at radius 2 is 2.04 bits per heavy atom. The van der Waals surface area contributed by atoms with E-state index in [-0.39, 0.29) is 23.3 Å². The van der Waals surface area contributed by atoms with E-state index in [0.29, 0.717) is 23.0 Å². The molecule has 23 heavy (non-hydrogen) atoms. The predicted molar refractivity (Wildman–Crippen MR) is 83.2 cm³/mol. The maximum absolute atomic E-state index is 12.5. The fraction of sp³-hybridized carbons (Fsp3) is 0.467. The van der Waals surface area contributed by atoms with Crippen molar-refractivity contribution in [3.05, 3.63) is 34.0 Å². The zero-order chi connectivity index (χ0) is 16.0. The number of benzene rings is 1. The molecule has 2 aliphatic heterocycles. The molecule has 0 radical (unpaired) electrons. The van der Waals surface area contributed by atoms with E-state index < -0.39 is 4.92 Å². The maximum Gasteiger partial charge on any atom is 0.272 e. The number of rotatable bonds is 3. The molecule has 2 fully saturated rings. The summed E-state index contributed by atoms with van der Waals surface area (Å²) in [7, 11) is 0. The minimum absolute atomic E-state index is 0.0483. The highest BCUT2D eigenvalue weighted by Crippen LogP contribution is 2.27. The smallest absolute Gasteiger partial charge is 0.272 e. The van der Waals surface area contributed by atoms with Gasteiger partial charge in [-0.05, 0) is 31.7 Å². The summed E-state index contributed by atoms with van der Waals surface area (Å²) in [5.74, 6) is -0.275. The molecule has 8 heteroatoms. The van der Waals surface area contributed by atoms with Crippen LogP contribution in [0.25, 0.3) is 10.9 Å². The van der Waals surface area contributed by atoms with Crippen LogP contribution in [0.5, 0.6) is 0 Å². The number of nitro benzene ring substituents is 1. The molecule has 0 spiro atoms. The van der Waals surface area contributed by atoms with E-state index in [4.69, 9.17) is 0 Å². The Morgan fingerprint density at radius 3 is 2.74 bits per heavy atom. The molecule has 1 amide bonds. The Kier molecular flexibility index (Phi) is 3.26. The van der Waals surface area contributed by atoms with E-state index in [0.717, 1.165) is 25.7 Å². The van der Waals surface area contributed by atoms with Crippen molar-refractivity contribution in [1.29, 1.82) is 0 Å². The zero-order valence-electron chi connectivity index (χ0n) is 12.4. The summed E-state index contributed by atoms with van der Waals surface area (Å²) < 4.78 is 0. The Labute approximate surface area is 131 Å². The van der Waals surface area contributed by atoms with Crippen LogP contribution in [-0.2, 0) is 0 Å². The first kappa shape index (κ1) is 14.1. The van der Waals surface area contributed by atoms with Crippen LogP contribution in [-0.4, -0.2) is 39.2 Å². The van der Waals surface area contributed by atoms with Crippen LogP contribution in [0.1, 0.15) is 36.2 Å². The molecule has 0 aliphatic carbocycles. The van der Waals surface area contributed by atoms with Gasteiger partial charge in [0.15, 0.2) is 5.69 Å². The first-order valence-electron chi connectivity index (χ1n) is 7.79. The molecule has 2 aromatic rings. The highest BCUT2D eigenvalue weighted by molar-refractivity contribution is 6.05. The fourth-order valence-electron chi connectivity index (χ4n) is 3.72. The number of hydrogen-bond acceptors (Lipinski definition) is 5. The third-order valence-corrected chi connectivity index (χ3v) is 4.78. The number of nitrogens with zero attached hydrogens (tertiary/aromatic N) is 2. The van der Waals surface area contributed by atoms with Crippen LogP contribution in [0.15, 0.2) is 18.2 Å². The number of aromatic amines is 1. The molecule has 2 atom stereocenters. The summed E-state index contributed by atoms with van der Waals surface area (Å²) in [6.07, 6.45) is 4.17. The molecule has 2 saturated heterocycles. The number of non-ortho nitro benzene ring substituents is 1. The van der Waals surface area contributed by atoms with E-state index >= 15 is 0 Å². The van der Waals surface area contributed by atoms with Gasteiger partial charge in [-0.25, -0.2) is 0 Å². The Hall–Kier alpha value is -2.48. The van der Waals surface area contributed by atoms with Gasteiger partial charge in [-0.2, -0.15) is 5.10 Å². The second kappa shape index (κ2) is 5.31. The molecular formula is C15H17N5O3. The van der Waals surface area contributed by atoms with E-state index in [1.807, 2.05) is 0 Å². The van der Waals surface area contributed by atoms with Crippen LogP contribution >= 0.6 is 0 Å². The minimum atomic E-state index is -0.474. The van der Waals surface area contributed by atoms with E-state index in [1.165, 1.54) is 12.1 Å². The number of nitro groups is 1. The molecular weight excluding hydrogens is 298 g/mol. The predicted octanol–water partition coefficient (Wildman–Crippen LogP) is 1.48. The van der Waals surface area contributed by atoms with Gasteiger partial charge < -0.3 is 10.6 Å². The molecule has 0 saturated carbocycles. The first-order valence-corrected chi connectivity index (χ1v) is 7.79. The molecule has 2 unspecified atom stereocenters. The molecule has 2 aliphatic rings. The molecule has 3 heterocycles. The summed E-state index contributed by atoms with van der Waals surface area (Å²) in [5, 5.41) is 24.7. The van der Waals surface area contributed by atoms with E-state index in [1.54, 1.807) is 6.07 Å². The Balaban J connectivity index is 1.57. The van der Waals surface area contributed by atoms with Gasteiger partial charge in [0.25, 0.3) is 11.6 Å². The summed E-state index contributed by atoms with van der Waals surface area (Å²) in [4.78, 5) is 23.0. The number of hydrogen-bond donors (Lipinski definition) is 3. The molecule has 120 valence electrons. The SMILES string of the molecule is O=C(NC1CC2CCC(C1)N2)c1n[nH]c2ccc([N+](=O)[O-])cc12. The number of carbonyl (C=O) groups excluding carboxylic acids is 1. The molecule has 8 nitrogen and oxygen atoms in total. The lowest BCUT2D eigenvalue weighted by molar-refractivity contribution is -0.384. The lowest BCUT2D eigenvalue weighted by Crippen LogP contribution is -2.48. The molecule has 1 aromatic heterocycles. The summed E-state index contributed by atoms with van der Waals surface area (Å²) in [6.45, 7) is 0. The topological polar surface area (TPSA) is 113 Å². The molecule has 3 N–H and O–H groups in total. The molecule has 1 aromatic carbocycles. The highest BCUT2D eigenvalue weighted by atomic mass is 16.6. The number of amides is 1. The van der Waals surface area contributed by atoms with Crippen LogP contribution < -0.4 is 10.6 Å². The van der Waals surface area contributed by atoms with Crippen molar-refractivity contribution in [3.63, 3.8) is 0 Å². The largest absolute Gasteiger partial charge is 0.348 e. The lowest BCUT2D eigenvalue weighted by Gasteiger charge is -2.29. The number of aromatic nitrogens is 2. The van der Waals surface area contributed by atoms with Crippen LogP contribution in [0.3, 0.4) is 0 Å². The van der Waals surface area contributed by atoms with Crippen molar-refractivity contribution in [3.8, 4) is 0 Å². The van der Waals surface area contributed by atoms with Crippen molar-refractivity contribution < 1.29 is 9.72 Å². The van der Waals surface area contributed by atoms with E-state index in [9.17, 15) is 14.9 Å². The second-order valence-electron chi connectivity index (χ2n) is 6.34. The standard InChI is InChI=1S/C15H17N5O3/c21-15(17-10-5-8-1-2-9(6-10)16-8)14-12-7-11(20(22)23)3-4-13(12)18-19-14/h3-4,7-10,16H,1-2,5-6H2,(H,17,21)(H,18,19). The summed E-state index contributed by atoms with van der Waals surface area (Å²) in [5.41, 5.74) is 0.786. The molecule has 4 rings (SSSR count). The van der Waals surface area contributed by atoms with E-state index in [2.05, 4.69) is 20.8 Å². The van der Waals surface area contributed by atoms with Gasteiger partial charge in [0.05, 0.1) is 10.4 Å². The van der Waals surface area contributed by atoms with Gasteiger partial charge in [-0.1, -0.05) is 0 Å². The quantitative estimate of drug-likeness (QED) is 0.586. The molecule has 2 bridgehead atoms. The van der Waals surface area contributed by atoms with Gasteiger partial charge in [0.1, 0.15) is 0 Å². The van der Waals surface area contributed by atoms with Crippen molar-refractivity contribution in [2.45, 2.75) is 43.8 Å². The second-order valence-corrected chi connectivity index (χ2v) is 6.34. The highest BCUT2D eigenvalue weighted by Gasteiger charge is 2.34. The van der Waals surface area contributed by atoms with Crippen molar-refractivity contribution in [2.75, 3.05) is 0 Å². The van der Waals surface area contributed by atoms with Crippen molar-refractivity contribution in [2.24, 2.45) is 0 Å². The number of carbonyl (C=O) groups is 1. The summed E-state index contributed by atoms with van der Waals surface area (Å²) >= 11 is 0. The maximum atomic E-state index is 12.5. The van der Waals surface area contributed by atoms with Gasteiger partial charge >= 0.3 is 0 Å².